The van der Waals surface area contributed by atoms with Crippen molar-refractivity contribution >= 4 is 35.0 Å². The van der Waals surface area contributed by atoms with Gasteiger partial charge in [0.15, 0.2) is 11.0 Å². The number of carbonyl (C=O) groups is 1. The van der Waals surface area contributed by atoms with Crippen LogP contribution in [0, 0.1) is 5.82 Å². The summed E-state index contributed by atoms with van der Waals surface area (Å²) in [4.78, 5) is 12.3. The van der Waals surface area contributed by atoms with E-state index in [1.165, 1.54) is 30.0 Å². The zero-order valence-electron chi connectivity index (χ0n) is 17.7. The van der Waals surface area contributed by atoms with Gasteiger partial charge in [0.2, 0.25) is 5.91 Å². The van der Waals surface area contributed by atoms with Gasteiger partial charge < -0.3 is 10.1 Å². The molecule has 9 heteroatoms. The van der Waals surface area contributed by atoms with Crippen LogP contribution in [-0.2, 0) is 11.3 Å². The molecule has 168 valence electrons. The van der Waals surface area contributed by atoms with E-state index < -0.39 is 5.82 Å². The zero-order chi connectivity index (χ0) is 22.9. The molecule has 0 saturated carbocycles. The third-order valence-electron chi connectivity index (χ3n) is 4.44. The van der Waals surface area contributed by atoms with E-state index in [-0.39, 0.29) is 16.7 Å². The molecule has 6 nitrogen and oxygen atoms in total. The summed E-state index contributed by atoms with van der Waals surface area (Å²) in [6.45, 7) is 7.11. The third-order valence-corrected chi connectivity index (χ3v) is 5.70. The van der Waals surface area contributed by atoms with Gasteiger partial charge in [0.25, 0.3) is 0 Å². The van der Waals surface area contributed by atoms with Crippen molar-refractivity contribution in [2.45, 2.75) is 31.5 Å². The van der Waals surface area contributed by atoms with Crippen molar-refractivity contribution in [3.63, 3.8) is 0 Å². The number of nitrogens with zero attached hydrogens (tertiary/aromatic N) is 3. The van der Waals surface area contributed by atoms with E-state index in [1.807, 2.05) is 28.8 Å². The average Bonchev–Trinajstić information content (AvgIpc) is 3.18. The minimum atomic E-state index is -0.537. The first-order valence-electron chi connectivity index (χ1n) is 10.2. The highest BCUT2D eigenvalue weighted by molar-refractivity contribution is 7.99. The minimum Gasteiger partial charge on any atom is -0.494 e. The number of halogens is 2. The predicted octanol–water partition coefficient (Wildman–Crippen LogP) is 5.83. The molecule has 3 aromatic rings. The fourth-order valence-electron chi connectivity index (χ4n) is 2.84. The van der Waals surface area contributed by atoms with Crippen molar-refractivity contribution in [3.05, 3.63) is 66.0 Å². The van der Waals surface area contributed by atoms with E-state index in [9.17, 15) is 9.18 Å². The van der Waals surface area contributed by atoms with Gasteiger partial charge in [0.05, 0.1) is 17.4 Å². The molecule has 0 radical (unpaired) electrons. The van der Waals surface area contributed by atoms with Gasteiger partial charge in [-0.3, -0.25) is 9.36 Å². The van der Waals surface area contributed by atoms with Crippen LogP contribution in [0.5, 0.6) is 5.75 Å². The SMILES string of the molecule is C=CCn1c(SCC(=O)Nc2ccc(F)c(Cl)c2)nnc1-c1ccc(OCCCC)cc1. The van der Waals surface area contributed by atoms with Crippen LogP contribution in [0.25, 0.3) is 11.4 Å². The standard InChI is InChI=1S/C23H24ClFN4O2S/c1-3-5-13-31-18-9-6-16(7-10-18)22-27-28-23(29(22)12-4-2)32-15-21(30)26-17-8-11-20(25)19(24)14-17/h4,6-11,14H,2-3,5,12-13,15H2,1H3,(H,26,30). The van der Waals surface area contributed by atoms with Crippen molar-refractivity contribution in [2.24, 2.45) is 0 Å². The highest BCUT2D eigenvalue weighted by Crippen LogP contribution is 2.26. The van der Waals surface area contributed by atoms with Crippen LogP contribution in [0.15, 0.2) is 60.3 Å². The number of hydrogen-bond donors (Lipinski definition) is 1. The molecule has 0 unspecified atom stereocenters. The molecular formula is C23H24ClFN4O2S. The molecule has 1 amide bonds. The number of hydrogen-bond acceptors (Lipinski definition) is 5. The number of rotatable bonds is 11. The molecule has 0 spiro atoms. The molecule has 0 aliphatic rings. The van der Waals surface area contributed by atoms with Crippen LogP contribution >= 0.6 is 23.4 Å². The molecule has 32 heavy (non-hydrogen) atoms. The summed E-state index contributed by atoms with van der Waals surface area (Å²) < 4.78 is 20.9. The molecular weight excluding hydrogens is 451 g/mol. The number of ether oxygens (including phenoxy) is 1. The second-order valence-electron chi connectivity index (χ2n) is 6.90. The Kier molecular flexibility index (Phi) is 8.70. The maximum Gasteiger partial charge on any atom is 0.234 e. The Labute approximate surface area is 195 Å². The van der Waals surface area contributed by atoms with Gasteiger partial charge in [-0.05, 0) is 48.9 Å². The van der Waals surface area contributed by atoms with E-state index in [2.05, 4.69) is 29.0 Å². The third kappa shape index (κ3) is 6.34. The number of carbonyl (C=O) groups excluding carboxylic acids is 1. The smallest absolute Gasteiger partial charge is 0.234 e. The van der Waals surface area contributed by atoms with Crippen LogP contribution < -0.4 is 10.1 Å². The van der Waals surface area contributed by atoms with Crippen LogP contribution in [0.1, 0.15) is 19.8 Å². The van der Waals surface area contributed by atoms with Gasteiger partial charge in [0, 0.05) is 17.8 Å². The van der Waals surface area contributed by atoms with E-state index in [0.717, 1.165) is 24.2 Å². The Bertz CT molecular complexity index is 1070. The second-order valence-corrected chi connectivity index (χ2v) is 8.25. The Morgan fingerprint density at radius 2 is 2.06 bits per heavy atom. The number of thioether (sulfide) groups is 1. The fourth-order valence-corrected chi connectivity index (χ4v) is 3.77. The van der Waals surface area contributed by atoms with Crippen LogP contribution in [0.4, 0.5) is 10.1 Å². The van der Waals surface area contributed by atoms with Crippen LogP contribution in [-0.4, -0.2) is 33.0 Å². The number of unbranched alkanes of at least 4 members (excludes halogenated alkanes) is 1. The maximum absolute atomic E-state index is 13.3. The summed E-state index contributed by atoms with van der Waals surface area (Å²) in [5.41, 5.74) is 1.32. The molecule has 1 heterocycles. The molecule has 0 aliphatic carbocycles. The molecule has 0 aliphatic heterocycles. The number of amides is 1. The van der Waals surface area contributed by atoms with Gasteiger partial charge in [-0.1, -0.05) is 42.8 Å². The van der Waals surface area contributed by atoms with E-state index in [0.29, 0.717) is 29.8 Å². The summed E-state index contributed by atoms with van der Waals surface area (Å²) in [5.74, 6) is 0.794. The number of anilines is 1. The largest absolute Gasteiger partial charge is 0.494 e. The first-order valence-corrected chi connectivity index (χ1v) is 11.5. The first kappa shape index (κ1) is 23.8. The highest BCUT2D eigenvalue weighted by atomic mass is 35.5. The van der Waals surface area contributed by atoms with Crippen molar-refractivity contribution in [3.8, 4) is 17.1 Å². The second kappa shape index (κ2) is 11.7. The lowest BCUT2D eigenvalue weighted by Gasteiger charge is -2.09. The normalized spacial score (nSPS) is 10.7. The van der Waals surface area contributed by atoms with E-state index >= 15 is 0 Å². The van der Waals surface area contributed by atoms with Gasteiger partial charge in [-0.15, -0.1) is 16.8 Å². The van der Waals surface area contributed by atoms with Gasteiger partial charge in [0.1, 0.15) is 11.6 Å². The molecule has 2 aromatic carbocycles. The Morgan fingerprint density at radius 1 is 1.28 bits per heavy atom. The molecule has 0 fully saturated rings. The topological polar surface area (TPSA) is 69.0 Å². The average molecular weight is 475 g/mol. The van der Waals surface area contributed by atoms with Crippen molar-refractivity contribution in [1.29, 1.82) is 0 Å². The van der Waals surface area contributed by atoms with Crippen molar-refractivity contribution in [1.82, 2.24) is 14.8 Å². The maximum atomic E-state index is 13.3. The number of aromatic nitrogens is 3. The van der Waals surface area contributed by atoms with E-state index in [4.69, 9.17) is 16.3 Å². The Balaban J connectivity index is 1.66. The van der Waals surface area contributed by atoms with Gasteiger partial charge in [-0.25, -0.2) is 4.39 Å². The minimum absolute atomic E-state index is 0.0485. The molecule has 1 N–H and O–H groups in total. The summed E-state index contributed by atoms with van der Waals surface area (Å²) in [6.07, 6.45) is 3.84. The van der Waals surface area contributed by atoms with Gasteiger partial charge >= 0.3 is 0 Å². The van der Waals surface area contributed by atoms with Crippen LogP contribution in [0.3, 0.4) is 0 Å². The molecule has 0 saturated heterocycles. The lowest BCUT2D eigenvalue weighted by atomic mass is 10.2. The highest BCUT2D eigenvalue weighted by Gasteiger charge is 2.15. The fraction of sp³-hybridized carbons (Fsp3) is 0.261. The Morgan fingerprint density at radius 3 is 2.75 bits per heavy atom. The lowest BCUT2D eigenvalue weighted by Crippen LogP contribution is -2.14. The number of allylic oxidation sites excluding steroid dienone is 1. The van der Waals surface area contributed by atoms with E-state index in [1.54, 1.807) is 6.08 Å². The summed E-state index contributed by atoms with van der Waals surface area (Å²) in [7, 11) is 0. The molecule has 0 atom stereocenters. The molecule has 1 aromatic heterocycles. The van der Waals surface area contributed by atoms with Crippen molar-refractivity contribution < 1.29 is 13.9 Å². The van der Waals surface area contributed by atoms with Gasteiger partial charge in [-0.2, -0.15) is 0 Å². The van der Waals surface area contributed by atoms with Crippen LogP contribution in [0.2, 0.25) is 5.02 Å². The predicted molar refractivity (Wildman–Crippen MR) is 127 cm³/mol. The zero-order valence-corrected chi connectivity index (χ0v) is 19.3. The summed E-state index contributed by atoms with van der Waals surface area (Å²) >= 11 is 7.01. The summed E-state index contributed by atoms with van der Waals surface area (Å²) in [5, 5.41) is 11.8. The van der Waals surface area contributed by atoms with Crippen molar-refractivity contribution in [2.75, 3.05) is 17.7 Å². The number of nitrogens with one attached hydrogen (secondary N) is 1. The molecule has 3 rings (SSSR count). The lowest BCUT2D eigenvalue weighted by molar-refractivity contribution is -0.113. The summed E-state index contributed by atoms with van der Waals surface area (Å²) in [6, 6.07) is 11.7. The molecule has 0 bridgehead atoms. The first-order chi connectivity index (χ1) is 15.5. The monoisotopic (exact) mass is 474 g/mol. The Hall–Kier alpha value is -2.84. The quantitative estimate of drug-likeness (QED) is 0.215. The number of benzene rings is 2.